The molecule has 0 spiro atoms. The molecule has 0 saturated carbocycles. The zero-order valence-electron chi connectivity index (χ0n) is 19.0. The summed E-state index contributed by atoms with van der Waals surface area (Å²) in [4.78, 5) is 40.3. The second-order valence-corrected chi connectivity index (χ2v) is 8.85. The van der Waals surface area contributed by atoms with Gasteiger partial charge in [-0.25, -0.2) is 0 Å². The highest BCUT2D eigenvalue weighted by atomic mass is 16.7. The fraction of sp³-hybridized carbons (Fsp3) is 0.222. The van der Waals surface area contributed by atoms with E-state index in [0.29, 0.717) is 35.7 Å². The number of benzene rings is 3. The SMILES string of the molecule is Cc1ccc2c(c1)C(NC(=O)c1ccc3c(c1)C(=O)N(Cc1ccc4c(c1)OCO4)C3=O)CCO2. The summed E-state index contributed by atoms with van der Waals surface area (Å²) in [6, 6.07) is 15.7. The zero-order valence-corrected chi connectivity index (χ0v) is 19.0. The Bertz CT molecular complexity index is 1400. The molecule has 1 N–H and O–H groups in total. The van der Waals surface area contributed by atoms with E-state index >= 15 is 0 Å². The van der Waals surface area contributed by atoms with Crippen LogP contribution in [0.25, 0.3) is 0 Å². The summed E-state index contributed by atoms with van der Waals surface area (Å²) in [6.45, 7) is 2.75. The van der Waals surface area contributed by atoms with Gasteiger partial charge in [-0.3, -0.25) is 19.3 Å². The molecule has 0 aliphatic carbocycles. The molecule has 6 rings (SSSR count). The molecule has 1 atom stereocenters. The molecule has 0 radical (unpaired) electrons. The topological polar surface area (TPSA) is 94.2 Å². The molecular weight excluding hydrogens is 448 g/mol. The number of amides is 3. The zero-order chi connectivity index (χ0) is 24.1. The van der Waals surface area contributed by atoms with Crippen molar-refractivity contribution in [1.82, 2.24) is 10.2 Å². The number of fused-ring (bicyclic) bond motifs is 3. The van der Waals surface area contributed by atoms with Gasteiger partial charge in [-0.2, -0.15) is 0 Å². The number of imide groups is 1. The van der Waals surface area contributed by atoms with Crippen LogP contribution in [0.1, 0.15) is 60.2 Å². The van der Waals surface area contributed by atoms with Gasteiger partial charge in [0.1, 0.15) is 5.75 Å². The van der Waals surface area contributed by atoms with Gasteiger partial charge >= 0.3 is 0 Å². The average molecular weight is 470 g/mol. The summed E-state index contributed by atoms with van der Waals surface area (Å²) >= 11 is 0. The number of nitrogens with zero attached hydrogens (tertiary/aromatic N) is 1. The van der Waals surface area contributed by atoms with Crippen LogP contribution in [0, 0.1) is 6.92 Å². The van der Waals surface area contributed by atoms with Gasteiger partial charge in [0.25, 0.3) is 17.7 Å². The van der Waals surface area contributed by atoms with E-state index in [2.05, 4.69) is 5.32 Å². The van der Waals surface area contributed by atoms with E-state index < -0.39 is 5.91 Å². The third-order valence-corrected chi connectivity index (χ3v) is 6.52. The first-order chi connectivity index (χ1) is 17.0. The molecule has 176 valence electrons. The van der Waals surface area contributed by atoms with E-state index in [0.717, 1.165) is 22.4 Å². The van der Waals surface area contributed by atoms with E-state index in [1.165, 1.54) is 11.0 Å². The Morgan fingerprint density at radius 3 is 2.60 bits per heavy atom. The number of carbonyl (C=O) groups is 3. The summed E-state index contributed by atoms with van der Waals surface area (Å²) in [5.41, 5.74) is 3.61. The number of hydrogen-bond donors (Lipinski definition) is 1. The third-order valence-electron chi connectivity index (χ3n) is 6.52. The molecule has 3 heterocycles. The van der Waals surface area contributed by atoms with E-state index in [1.54, 1.807) is 30.3 Å². The molecule has 0 bridgehead atoms. The Morgan fingerprint density at radius 2 is 1.71 bits per heavy atom. The Labute approximate surface area is 201 Å². The van der Waals surface area contributed by atoms with Gasteiger partial charge in [-0.1, -0.05) is 23.8 Å². The van der Waals surface area contributed by atoms with Crippen LogP contribution in [0.15, 0.2) is 54.6 Å². The molecule has 0 fully saturated rings. The van der Waals surface area contributed by atoms with Crippen LogP contribution < -0.4 is 19.5 Å². The molecule has 8 heteroatoms. The Morgan fingerprint density at radius 1 is 0.914 bits per heavy atom. The van der Waals surface area contributed by atoms with Gasteiger partial charge in [0.15, 0.2) is 11.5 Å². The van der Waals surface area contributed by atoms with Gasteiger partial charge in [-0.05, 0) is 48.9 Å². The molecule has 3 amide bonds. The second kappa shape index (κ2) is 8.16. The van der Waals surface area contributed by atoms with Crippen LogP contribution in [-0.4, -0.2) is 36.0 Å². The van der Waals surface area contributed by atoms with Gasteiger partial charge in [-0.15, -0.1) is 0 Å². The van der Waals surface area contributed by atoms with Gasteiger partial charge in [0.05, 0.1) is 30.3 Å². The monoisotopic (exact) mass is 470 g/mol. The maximum absolute atomic E-state index is 13.1. The van der Waals surface area contributed by atoms with Crippen molar-refractivity contribution in [3.8, 4) is 17.2 Å². The second-order valence-electron chi connectivity index (χ2n) is 8.85. The third kappa shape index (κ3) is 3.67. The summed E-state index contributed by atoms with van der Waals surface area (Å²) < 4.78 is 16.4. The lowest BCUT2D eigenvalue weighted by Crippen LogP contribution is -2.32. The minimum Gasteiger partial charge on any atom is -0.493 e. The van der Waals surface area contributed by atoms with Crippen LogP contribution >= 0.6 is 0 Å². The van der Waals surface area contributed by atoms with Crippen LogP contribution in [0.3, 0.4) is 0 Å². The maximum Gasteiger partial charge on any atom is 0.261 e. The fourth-order valence-electron chi connectivity index (χ4n) is 4.70. The summed E-state index contributed by atoms with van der Waals surface area (Å²) in [6.07, 6.45) is 0.647. The van der Waals surface area contributed by atoms with Crippen molar-refractivity contribution in [3.63, 3.8) is 0 Å². The molecule has 3 aliphatic rings. The van der Waals surface area contributed by atoms with Crippen LogP contribution in [-0.2, 0) is 6.54 Å². The first-order valence-electron chi connectivity index (χ1n) is 11.4. The quantitative estimate of drug-likeness (QED) is 0.584. The van der Waals surface area contributed by atoms with Crippen LogP contribution in [0.2, 0.25) is 0 Å². The summed E-state index contributed by atoms with van der Waals surface area (Å²) in [7, 11) is 0. The van der Waals surface area contributed by atoms with E-state index in [1.807, 2.05) is 25.1 Å². The number of aryl methyl sites for hydroxylation is 1. The molecular formula is C27H22N2O6. The normalized spacial score (nSPS) is 17.6. The van der Waals surface area contributed by atoms with Crippen LogP contribution in [0.5, 0.6) is 17.2 Å². The first-order valence-corrected chi connectivity index (χ1v) is 11.4. The molecule has 3 aromatic rings. The number of nitrogens with one attached hydrogen (secondary N) is 1. The lowest BCUT2D eigenvalue weighted by molar-refractivity contribution is 0.0642. The average Bonchev–Trinajstić information content (AvgIpc) is 3.42. The molecule has 35 heavy (non-hydrogen) atoms. The number of ether oxygens (including phenoxy) is 3. The van der Waals surface area contributed by atoms with E-state index in [-0.39, 0.29) is 36.8 Å². The lowest BCUT2D eigenvalue weighted by Gasteiger charge is -2.27. The predicted molar refractivity (Wildman–Crippen MR) is 125 cm³/mol. The molecule has 3 aliphatic heterocycles. The number of hydrogen-bond acceptors (Lipinski definition) is 6. The number of carbonyl (C=O) groups excluding carboxylic acids is 3. The lowest BCUT2D eigenvalue weighted by atomic mass is 9.98. The van der Waals surface area contributed by atoms with Gasteiger partial charge in [0.2, 0.25) is 6.79 Å². The molecule has 3 aromatic carbocycles. The minimum atomic E-state index is -0.427. The maximum atomic E-state index is 13.1. The minimum absolute atomic E-state index is 0.0999. The van der Waals surface area contributed by atoms with Crippen molar-refractivity contribution in [2.75, 3.05) is 13.4 Å². The highest BCUT2D eigenvalue weighted by molar-refractivity contribution is 6.22. The van der Waals surface area contributed by atoms with Gasteiger partial charge in [0, 0.05) is 17.5 Å². The number of rotatable bonds is 4. The van der Waals surface area contributed by atoms with Crippen molar-refractivity contribution in [2.45, 2.75) is 25.9 Å². The Balaban J connectivity index is 1.21. The van der Waals surface area contributed by atoms with Crippen molar-refractivity contribution >= 4 is 17.7 Å². The van der Waals surface area contributed by atoms with Gasteiger partial charge < -0.3 is 19.5 Å². The molecule has 0 aromatic heterocycles. The van der Waals surface area contributed by atoms with Crippen LogP contribution in [0.4, 0.5) is 0 Å². The highest BCUT2D eigenvalue weighted by Gasteiger charge is 2.36. The summed E-state index contributed by atoms with van der Waals surface area (Å²) in [5, 5.41) is 3.06. The van der Waals surface area contributed by atoms with Crippen molar-refractivity contribution < 1.29 is 28.6 Å². The summed E-state index contributed by atoms with van der Waals surface area (Å²) in [5.74, 6) is 0.868. The largest absolute Gasteiger partial charge is 0.493 e. The van der Waals surface area contributed by atoms with Crippen molar-refractivity contribution in [2.24, 2.45) is 0 Å². The predicted octanol–water partition coefficient (Wildman–Crippen LogP) is 3.77. The van der Waals surface area contributed by atoms with Crippen molar-refractivity contribution in [1.29, 1.82) is 0 Å². The molecule has 0 saturated heterocycles. The highest BCUT2D eigenvalue weighted by Crippen LogP contribution is 2.35. The van der Waals surface area contributed by atoms with Crippen molar-refractivity contribution in [3.05, 3.63) is 88.0 Å². The smallest absolute Gasteiger partial charge is 0.261 e. The standard InChI is InChI=1S/C27H22N2O6/c1-15-2-6-22-20(10-15)21(8-9-33-22)28-25(30)17-4-5-18-19(12-17)27(32)29(26(18)31)13-16-3-7-23-24(11-16)35-14-34-23/h2-7,10-12,21H,8-9,13-14H2,1H3,(H,28,30). The molecule has 8 nitrogen and oxygen atoms in total. The first kappa shape index (κ1) is 21.2. The van der Waals surface area contributed by atoms with E-state index in [4.69, 9.17) is 14.2 Å². The Kier molecular flexibility index (Phi) is 4.95. The fourth-order valence-corrected chi connectivity index (χ4v) is 4.70. The molecule has 1 unspecified atom stereocenters. The van der Waals surface area contributed by atoms with E-state index in [9.17, 15) is 14.4 Å². The Hall–Kier alpha value is -4.33.